The molecule has 2 aromatic carbocycles. The molecule has 3 rings (SSSR count). The molecule has 1 heterocycles. The predicted molar refractivity (Wildman–Crippen MR) is 112 cm³/mol. The van der Waals surface area contributed by atoms with E-state index in [4.69, 9.17) is 14.7 Å². The number of aromatic nitrogens is 3. The molecule has 0 spiro atoms. The van der Waals surface area contributed by atoms with Crippen molar-refractivity contribution < 1.29 is 14.3 Å². The van der Waals surface area contributed by atoms with E-state index >= 15 is 0 Å². The molecule has 8 nitrogen and oxygen atoms in total. The lowest BCUT2D eigenvalue weighted by molar-refractivity contribution is 0.0982. The standard InChI is InChI=1S/C22H23N5O3/c1-4-30-19-11-9-17(10-12-19)26(14-6-13-23)22(28)21-16(2)27(25-24-21)18-7-5-8-20(15-18)29-3/h5,7-12,15H,4,6,14H2,1-3H3. The SMILES string of the molecule is CCOc1ccc(N(CCC#N)C(=O)c2nnn(-c3cccc(OC)c3)c2C)cc1. The maximum absolute atomic E-state index is 13.3. The van der Waals surface area contributed by atoms with Crippen LogP contribution in [0.15, 0.2) is 48.5 Å². The Morgan fingerprint density at radius 3 is 2.63 bits per heavy atom. The van der Waals surface area contributed by atoms with Crippen molar-refractivity contribution in [3.63, 3.8) is 0 Å². The van der Waals surface area contributed by atoms with Crippen molar-refractivity contribution >= 4 is 11.6 Å². The lowest BCUT2D eigenvalue weighted by Gasteiger charge is -2.21. The number of hydrogen-bond donors (Lipinski definition) is 0. The summed E-state index contributed by atoms with van der Waals surface area (Å²) in [6.45, 7) is 4.50. The van der Waals surface area contributed by atoms with E-state index in [1.807, 2.05) is 31.2 Å². The average Bonchev–Trinajstić information content (AvgIpc) is 3.16. The molecular weight excluding hydrogens is 382 g/mol. The molecule has 0 atom stereocenters. The van der Waals surface area contributed by atoms with Crippen LogP contribution in [0.5, 0.6) is 11.5 Å². The maximum atomic E-state index is 13.3. The van der Waals surface area contributed by atoms with E-state index in [1.54, 1.807) is 43.0 Å². The quantitative estimate of drug-likeness (QED) is 0.569. The zero-order valence-electron chi connectivity index (χ0n) is 17.2. The summed E-state index contributed by atoms with van der Waals surface area (Å²) in [4.78, 5) is 14.8. The molecule has 0 aliphatic rings. The van der Waals surface area contributed by atoms with Gasteiger partial charge in [-0.25, -0.2) is 4.68 Å². The summed E-state index contributed by atoms with van der Waals surface area (Å²) in [7, 11) is 1.59. The van der Waals surface area contributed by atoms with Crippen molar-refractivity contribution in [2.75, 3.05) is 25.2 Å². The Hall–Kier alpha value is -3.86. The summed E-state index contributed by atoms with van der Waals surface area (Å²) >= 11 is 0. The number of methoxy groups -OCH3 is 1. The van der Waals surface area contributed by atoms with E-state index in [0.717, 1.165) is 5.69 Å². The number of amides is 1. The maximum Gasteiger partial charge on any atom is 0.280 e. The van der Waals surface area contributed by atoms with Gasteiger partial charge < -0.3 is 14.4 Å². The van der Waals surface area contributed by atoms with Crippen molar-refractivity contribution in [2.24, 2.45) is 0 Å². The molecule has 8 heteroatoms. The van der Waals surface area contributed by atoms with Crippen molar-refractivity contribution in [1.29, 1.82) is 5.26 Å². The number of carbonyl (C=O) groups excluding carboxylic acids is 1. The smallest absolute Gasteiger partial charge is 0.280 e. The number of ether oxygens (including phenoxy) is 2. The van der Waals surface area contributed by atoms with Gasteiger partial charge in [-0.15, -0.1) is 5.10 Å². The Morgan fingerprint density at radius 1 is 1.20 bits per heavy atom. The van der Waals surface area contributed by atoms with Crippen LogP contribution in [0.1, 0.15) is 29.5 Å². The van der Waals surface area contributed by atoms with E-state index < -0.39 is 0 Å². The Kier molecular flexibility index (Phi) is 6.65. The van der Waals surface area contributed by atoms with Crippen molar-refractivity contribution in [3.8, 4) is 23.3 Å². The van der Waals surface area contributed by atoms with Crippen LogP contribution in [-0.2, 0) is 0 Å². The van der Waals surface area contributed by atoms with Crippen molar-refractivity contribution in [2.45, 2.75) is 20.3 Å². The molecule has 0 fully saturated rings. The number of rotatable bonds is 8. The molecule has 0 saturated heterocycles. The molecule has 0 radical (unpaired) electrons. The third-order valence-corrected chi connectivity index (χ3v) is 4.55. The number of benzene rings is 2. The van der Waals surface area contributed by atoms with E-state index in [-0.39, 0.29) is 24.6 Å². The van der Waals surface area contributed by atoms with Crippen LogP contribution in [0.3, 0.4) is 0 Å². The third kappa shape index (κ3) is 4.41. The Morgan fingerprint density at radius 2 is 1.97 bits per heavy atom. The highest BCUT2D eigenvalue weighted by molar-refractivity contribution is 6.05. The van der Waals surface area contributed by atoms with Gasteiger partial charge in [0.2, 0.25) is 0 Å². The first-order valence-corrected chi connectivity index (χ1v) is 9.57. The minimum absolute atomic E-state index is 0.196. The first kappa shape index (κ1) is 20.9. The van der Waals surface area contributed by atoms with Gasteiger partial charge in [0.1, 0.15) is 11.5 Å². The normalized spacial score (nSPS) is 10.3. The number of nitrogens with zero attached hydrogens (tertiary/aromatic N) is 5. The van der Waals surface area contributed by atoms with Crippen LogP contribution in [0.2, 0.25) is 0 Å². The fraction of sp³-hybridized carbons (Fsp3) is 0.273. The van der Waals surface area contributed by atoms with Gasteiger partial charge in [0, 0.05) is 18.3 Å². The first-order valence-electron chi connectivity index (χ1n) is 9.57. The molecule has 1 aromatic heterocycles. The van der Waals surface area contributed by atoms with Crippen molar-refractivity contribution in [3.05, 3.63) is 59.9 Å². The second-order valence-electron chi connectivity index (χ2n) is 6.43. The molecule has 154 valence electrons. The Balaban J connectivity index is 1.93. The summed E-state index contributed by atoms with van der Waals surface area (Å²) < 4.78 is 12.3. The van der Waals surface area contributed by atoms with Crippen LogP contribution >= 0.6 is 0 Å². The third-order valence-electron chi connectivity index (χ3n) is 4.55. The van der Waals surface area contributed by atoms with Gasteiger partial charge in [-0.1, -0.05) is 11.3 Å². The van der Waals surface area contributed by atoms with Gasteiger partial charge in [0.05, 0.1) is 37.6 Å². The molecule has 0 aliphatic heterocycles. The zero-order chi connectivity index (χ0) is 21.5. The highest BCUT2D eigenvalue weighted by Gasteiger charge is 2.24. The van der Waals surface area contributed by atoms with Gasteiger partial charge in [0.25, 0.3) is 5.91 Å². The number of hydrogen-bond acceptors (Lipinski definition) is 6. The zero-order valence-corrected chi connectivity index (χ0v) is 17.2. The van der Waals surface area contributed by atoms with Crippen molar-refractivity contribution in [1.82, 2.24) is 15.0 Å². The van der Waals surface area contributed by atoms with E-state index in [2.05, 4.69) is 16.4 Å². The fourth-order valence-electron chi connectivity index (χ4n) is 3.04. The van der Waals surface area contributed by atoms with Crippen LogP contribution in [-0.4, -0.2) is 41.2 Å². The molecule has 3 aromatic rings. The molecule has 0 saturated carbocycles. The molecule has 0 aliphatic carbocycles. The van der Waals surface area contributed by atoms with Crippen LogP contribution < -0.4 is 14.4 Å². The molecule has 0 unspecified atom stereocenters. The van der Waals surface area contributed by atoms with Gasteiger partial charge >= 0.3 is 0 Å². The summed E-state index contributed by atoms with van der Waals surface area (Å²) in [5.41, 5.74) is 2.22. The number of carbonyl (C=O) groups is 1. The average molecular weight is 405 g/mol. The second-order valence-corrected chi connectivity index (χ2v) is 6.43. The van der Waals surface area contributed by atoms with Crippen LogP contribution in [0.25, 0.3) is 5.69 Å². The molecular formula is C22H23N5O3. The molecule has 1 amide bonds. The van der Waals surface area contributed by atoms with E-state index in [0.29, 0.717) is 29.5 Å². The lowest BCUT2D eigenvalue weighted by Crippen LogP contribution is -2.32. The minimum atomic E-state index is -0.318. The summed E-state index contributed by atoms with van der Waals surface area (Å²) in [6, 6.07) is 16.6. The van der Waals surface area contributed by atoms with Crippen LogP contribution in [0.4, 0.5) is 5.69 Å². The second kappa shape index (κ2) is 9.56. The highest BCUT2D eigenvalue weighted by atomic mass is 16.5. The fourth-order valence-corrected chi connectivity index (χ4v) is 3.04. The minimum Gasteiger partial charge on any atom is -0.497 e. The van der Waals surface area contributed by atoms with Crippen LogP contribution in [0, 0.1) is 18.3 Å². The monoisotopic (exact) mass is 405 g/mol. The molecule has 0 bridgehead atoms. The number of nitriles is 1. The van der Waals surface area contributed by atoms with Gasteiger partial charge in [-0.05, 0) is 50.2 Å². The van der Waals surface area contributed by atoms with Gasteiger partial charge in [-0.2, -0.15) is 5.26 Å². The van der Waals surface area contributed by atoms with E-state index in [1.165, 1.54) is 4.90 Å². The Bertz CT molecular complexity index is 1050. The largest absolute Gasteiger partial charge is 0.497 e. The molecule has 0 N–H and O–H groups in total. The Labute approximate surface area is 175 Å². The van der Waals surface area contributed by atoms with Gasteiger partial charge in [-0.3, -0.25) is 4.79 Å². The topological polar surface area (TPSA) is 93.3 Å². The summed E-state index contributed by atoms with van der Waals surface area (Å²) in [5, 5.41) is 17.3. The lowest BCUT2D eigenvalue weighted by atomic mass is 10.2. The summed E-state index contributed by atoms with van der Waals surface area (Å²) in [6.07, 6.45) is 0.196. The highest BCUT2D eigenvalue weighted by Crippen LogP contribution is 2.23. The molecule has 30 heavy (non-hydrogen) atoms. The predicted octanol–water partition coefficient (Wildman–Crippen LogP) is 3.54. The number of anilines is 1. The summed E-state index contributed by atoms with van der Waals surface area (Å²) in [5.74, 6) is 1.08. The first-order chi connectivity index (χ1) is 14.6. The van der Waals surface area contributed by atoms with Gasteiger partial charge in [0.15, 0.2) is 5.69 Å². The van der Waals surface area contributed by atoms with E-state index in [9.17, 15) is 4.79 Å².